The maximum absolute atomic E-state index is 13.6. The average molecular weight is 746 g/mol. The van der Waals surface area contributed by atoms with E-state index in [1.54, 1.807) is 50.2 Å². The topological polar surface area (TPSA) is 290 Å². The zero-order chi connectivity index (χ0) is 38.8. The molecule has 0 spiro atoms. The first-order valence-corrected chi connectivity index (χ1v) is 17.7. The van der Waals surface area contributed by atoms with Crippen LogP contribution in [-0.4, -0.2) is 90.1 Å². The molecule has 0 heterocycles. The van der Waals surface area contributed by atoms with Crippen LogP contribution in [0.2, 0.25) is 5.02 Å². The minimum absolute atomic E-state index is 0.0775. The SMILES string of the molecule is CC(C)C[C@H](NC(=O)[C@H](N)NC(=O)[C@H](CCCCN)NC(=O)[C@H](CCCCN)NC(=O)c1ccc(-c2ccc(Cl)cc2)cc1)C(=O)N[C@@H](N)B(O)O. The number of amides is 5. The van der Waals surface area contributed by atoms with Crippen molar-refractivity contribution < 1.29 is 34.0 Å². The molecule has 2 aromatic carbocycles. The van der Waals surface area contributed by atoms with Crippen LogP contribution in [0.5, 0.6) is 0 Å². The number of nitrogens with two attached hydrogens (primary N) is 4. The normalized spacial score (nSPS) is 14.0. The Morgan fingerprint density at radius 1 is 0.654 bits per heavy atom. The van der Waals surface area contributed by atoms with E-state index in [0.717, 1.165) is 11.1 Å². The highest BCUT2D eigenvalue weighted by molar-refractivity contribution is 6.43. The molecular formula is C34H53BClN9O7. The van der Waals surface area contributed by atoms with E-state index in [-0.39, 0.29) is 25.2 Å². The molecule has 0 saturated carbocycles. The predicted octanol–water partition coefficient (Wildman–Crippen LogP) is -0.807. The molecule has 0 unspecified atom stereocenters. The van der Waals surface area contributed by atoms with Crippen molar-refractivity contribution in [1.29, 1.82) is 0 Å². The summed E-state index contributed by atoms with van der Waals surface area (Å²) in [6.45, 7) is 4.32. The van der Waals surface area contributed by atoms with Gasteiger partial charge in [-0.05, 0) is 99.3 Å². The fraction of sp³-hybridized carbons (Fsp3) is 0.500. The van der Waals surface area contributed by atoms with Gasteiger partial charge in [0, 0.05) is 10.6 Å². The molecule has 18 heteroatoms. The maximum atomic E-state index is 13.6. The third-order valence-electron chi connectivity index (χ3n) is 8.02. The van der Waals surface area contributed by atoms with Gasteiger partial charge in [-0.15, -0.1) is 0 Å². The van der Waals surface area contributed by atoms with Gasteiger partial charge in [-0.2, -0.15) is 0 Å². The first-order chi connectivity index (χ1) is 24.7. The van der Waals surface area contributed by atoms with Crippen molar-refractivity contribution in [2.75, 3.05) is 13.1 Å². The summed E-state index contributed by atoms with van der Waals surface area (Å²) in [4.78, 5) is 66.0. The Kier molecular flexibility index (Phi) is 19.3. The van der Waals surface area contributed by atoms with E-state index in [1.165, 1.54) is 0 Å². The van der Waals surface area contributed by atoms with Gasteiger partial charge in [0.1, 0.15) is 24.2 Å². The summed E-state index contributed by atoms with van der Waals surface area (Å²) in [5.74, 6) is -3.65. The van der Waals surface area contributed by atoms with Crippen LogP contribution >= 0.6 is 11.6 Å². The second-order valence-corrected chi connectivity index (χ2v) is 13.3. The maximum Gasteiger partial charge on any atom is 0.490 e. The van der Waals surface area contributed by atoms with Crippen molar-refractivity contribution in [3.05, 3.63) is 59.1 Å². The van der Waals surface area contributed by atoms with Gasteiger partial charge in [0.05, 0.1) is 0 Å². The van der Waals surface area contributed by atoms with Crippen LogP contribution in [0.15, 0.2) is 48.5 Å². The van der Waals surface area contributed by atoms with Crippen molar-refractivity contribution in [2.45, 2.75) is 89.1 Å². The predicted molar refractivity (Wildman–Crippen MR) is 200 cm³/mol. The number of carbonyl (C=O) groups is 5. The first kappa shape index (κ1) is 44.1. The number of rotatable bonds is 22. The fourth-order valence-electron chi connectivity index (χ4n) is 5.12. The van der Waals surface area contributed by atoms with Crippen LogP contribution in [-0.2, 0) is 19.2 Å². The molecule has 52 heavy (non-hydrogen) atoms. The van der Waals surface area contributed by atoms with E-state index < -0.39 is 67.0 Å². The lowest BCUT2D eigenvalue weighted by molar-refractivity contribution is -0.134. The van der Waals surface area contributed by atoms with Gasteiger partial charge in [-0.3, -0.25) is 24.0 Å². The summed E-state index contributed by atoms with van der Waals surface area (Å²) in [6.07, 6.45) is 1.03. The number of halogens is 1. The van der Waals surface area contributed by atoms with Crippen molar-refractivity contribution in [1.82, 2.24) is 26.6 Å². The number of hydrogen-bond donors (Lipinski definition) is 11. The van der Waals surface area contributed by atoms with Crippen LogP contribution in [0, 0.1) is 5.92 Å². The van der Waals surface area contributed by atoms with E-state index in [0.29, 0.717) is 49.4 Å². The second kappa shape index (κ2) is 22.8. The lowest BCUT2D eigenvalue weighted by Crippen LogP contribution is -2.62. The number of hydrogen-bond acceptors (Lipinski definition) is 11. The molecule has 286 valence electrons. The number of nitrogens with one attached hydrogen (secondary N) is 5. The molecule has 5 atom stereocenters. The Morgan fingerprint density at radius 3 is 1.62 bits per heavy atom. The largest absolute Gasteiger partial charge is 0.490 e. The molecule has 15 N–H and O–H groups in total. The van der Waals surface area contributed by atoms with Crippen molar-refractivity contribution >= 4 is 48.3 Å². The molecule has 0 aliphatic carbocycles. The van der Waals surface area contributed by atoms with Gasteiger partial charge in [0.2, 0.25) is 17.7 Å². The summed E-state index contributed by atoms with van der Waals surface area (Å²) in [5, 5.41) is 31.6. The van der Waals surface area contributed by atoms with E-state index in [9.17, 15) is 34.0 Å². The lowest BCUT2D eigenvalue weighted by atomic mass is 9.86. The Bertz CT molecular complexity index is 1450. The molecule has 5 amide bonds. The third kappa shape index (κ3) is 15.3. The van der Waals surface area contributed by atoms with Gasteiger partial charge < -0.3 is 59.6 Å². The molecule has 0 radical (unpaired) electrons. The van der Waals surface area contributed by atoms with Gasteiger partial charge in [-0.25, -0.2) is 0 Å². The summed E-state index contributed by atoms with van der Waals surface area (Å²) in [7, 11) is -2.03. The van der Waals surface area contributed by atoms with Crippen LogP contribution in [0.3, 0.4) is 0 Å². The monoisotopic (exact) mass is 745 g/mol. The standard InChI is InChI=1S/C34H53BClN9O7/c1-20(2)19-27(32(49)45-34(40)35(51)52)43-33(50)28(39)44-31(48)26(8-4-6-18-38)42-30(47)25(7-3-5-17-37)41-29(46)23-11-9-21(10-12-23)22-13-15-24(36)16-14-22/h9-16,20,25-28,34,51-52H,3-8,17-19,37-40H2,1-2H3,(H,41,46)(H,42,47)(H,43,50)(H,44,48)(H,45,49)/t25-,26-,27-,28+,34+/m0/s1. The van der Waals surface area contributed by atoms with Gasteiger partial charge >= 0.3 is 7.12 Å². The molecule has 2 aromatic rings. The molecule has 0 saturated heterocycles. The van der Waals surface area contributed by atoms with Crippen LogP contribution in [0.1, 0.15) is 69.2 Å². The summed E-state index contributed by atoms with van der Waals surface area (Å²) in [6, 6.07) is 9.28. The molecular weight excluding hydrogens is 693 g/mol. The molecule has 16 nitrogen and oxygen atoms in total. The number of unbranched alkanes of at least 4 members (excludes halogenated alkanes) is 2. The van der Waals surface area contributed by atoms with Crippen molar-refractivity contribution in [3.63, 3.8) is 0 Å². The van der Waals surface area contributed by atoms with E-state index in [1.807, 2.05) is 12.1 Å². The summed E-state index contributed by atoms with van der Waals surface area (Å²) in [5.41, 5.74) is 24.9. The Hall–Kier alpha value is -4.10. The molecule has 0 bridgehead atoms. The smallest absolute Gasteiger partial charge is 0.425 e. The van der Waals surface area contributed by atoms with Crippen LogP contribution in [0.25, 0.3) is 11.1 Å². The highest BCUT2D eigenvalue weighted by Gasteiger charge is 2.31. The highest BCUT2D eigenvalue weighted by Crippen LogP contribution is 2.22. The second-order valence-electron chi connectivity index (χ2n) is 12.9. The minimum atomic E-state index is -2.03. The Morgan fingerprint density at radius 2 is 1.12 bits per heavy atom. The van der Waals surface area contributed by atoms with Crippen LogP contribution in [0.4, 0.5) is 0 Å². The fourth-order valence-corrected chi connectivity index (χ4v) is 5.24. The Balaban J connectivity index is 2.17. The molecule has 2 rings (SSSR count). The quantitative estimate of drug-likeness (QED) is 0.0403. The molecule has 0 aromatic heterocycles. The van der Waals surface area contributed by atoms with Gasteiger partial charge in [0.15, 0.2) is 6.17 Å². The first-order valence-electron chi connectivity index (χ1n) is 17.3. The van der Waals surface area contributed by atoms with Gasteiger partial charge in [-0.1, -0.05) is 49.7 Å². The van der Waals surface area contributed by atoms with E-state index in [4.69, 9.17) is 34.5 Å². The van der Waals surface area contributed by atoms with Crippen molar-refractivity contribution in [3.8, 4) is 11.1 Å². The summed E-state index contributed by atoms with van der Waals surface area (Å²) < 4.78 is 0. The van der Waals surface area contributed by atoms with E-state index >= 15 is 0 Å². The highest BCUT2D eigenvalue weighted by atomic mass is 35.5. The van der Waals surface area contributed by atoms with E-state index in [2.05, 4.69) is 26.6 Å². The zero-order valence-corrected chi connectivity index (χ0v) is 30.4. The number of benzene rings is 2. The summed E-state index contributed by atoms with van der Waals surface area (Å²) >= 11 is 5.99. The number of carbonyl (C=O) groups excluding carboxylic acids is 5. The molecule has 0 aliphatic heterocycles. The third-order valence-corrected chi connectivity index (χ3v) is 8.28. The average Bonchev–Trinajstić information content (AvgIpc) is 3.10. The van der Waals surface area contributed by atoms with Crippen LogP contribution < -0.4 is 49.5 Å². The molecule has 0 fully saturated rings. The minimum Gasteiger partial charge on any atom is -0.425 e. The zero-order valence-electron chi connectivity index (χ0n) is 29.6. The molecule has 0 aliphatic rings. The van der Waals surface area contributed by atoms with Gasteiger partial charge in [0.25, 0.3) is 11.8 Å². The lowest BCUT2D eigenvalue weighted by Gasteiger charge is -2.26. The van der Waals surface area contributed by atoms with Crippen molar-refractivity contribution in [2.24, 2.45) is 28.9 Å². The Labute approximate surface area is 309 Å².